The SMILES string of the molecule is Cc1cc(C)n(-c2nc3c(c(=O)n(CC(C)C)c(=O)n3C)n2Cc2ccccc2C)n1. The van der Waals surface area contributed by atoms with Crippen molar-refractivity contribution in [3.05, 3.63) is 73.7 Å². The van der Waals surface area contributed by atoms with E-state index in [2.05, 4.69) is 5.10 Å². The molecule has 0 saturated carbocycles. The lowest BCUT2D eigenvalue weighted by Gasteiger charge is -2.13. The third kappa shape index (κ3) is 3.52. The monoisotopic (exact) mass is 420 g/mol. The van der Waals surface area contributed by atoms with Crippen molar-refractivity contribution in [1.82, 2.24) is 28.5 Å². The van der Waals surface area contributed by atoms with Crippen molar-refractivity contribution in [3.63, 3.8) is 0 Å². The molecule has 4 rings (SSSR count). The molecule has 162 valence electrons. The van der Waals surface area contributed by atoms with Crippen molar-refractivity contribution in [2.45, 2.75) is 47.7 Å². The summed E-state index contributed by atoms with van der Waals surface area (Å²) in [6, 6.07) is 10.0. The molecule has 0 N–H and O–H groups in total. The molecule has 0 atom stereocenters. The van der Waals surface area contributed by atoms with Crippen LogP contribution in [0.4, 0.5) is 0 Å². The van der Waals surface area contributed by atoms with Crippen LogP contribution in [0.1, 0.15) is 36.4 Å². The van der Waals surface area contributed by atoms with Crippen molar-refractivity contribution < 1.29 is 0 Å². The normalized spacial score (nSPS) is 11.7. The van der Waals surface area contributed by atoms with Crippen LogP contribution in [-0.4, -0.2) is 28.5 Å². The summed E-state index contributed by atoms with van der Waals surface area (Å²) in [7, 11) is 1.66. The smallest absolute Gasteiger partial charge is 0.298 e. The fraction of sp³-hybridized carbons (Fsp3) is 0.391. The van der Waals surface area contributed by atoms with Crippen LogP contribution in [-0.2, 0) is 20.1 Å². The molecule has 31 heavy (non-hydrogen) atoms. The first kappa shape index (κ1) is 20.8. The van der Waals surface area contributed by atoms with Crippen LogP contribution in [0.2, 0.25) is 0 Å². The molecule has 0 bridgehead atoms. The summed E-state index contributed by atoms with van der Waals surface area (Å²) in [5.41, 5.74) is 4.07. The maximum atomic E-state index is 13.5. The minimum absolute atomic E-state index is 0.158. The predicted molar refractivity (Wildman–Crippen MR) is 121 cm³/mol. The zero-order chi connectivity index (χ0) is 22.4. The zero-order valence-corrected chi connectivity index (χ0v) is 18.9. The summed E-state index contributed by atoms with van der Waals surface area (Å²) in [4.78, 5) is 31.2. The highest BCUT2D eigenvalue weighted by atomic mass is 16.2. The third-order valence-corrected chi connectivity index (χ3v) is 5.55. The van der Waals surface area contributed by atoms with E-state index in [1.165, 1.54) is 9.13 Å². The van der Waals surface area contributed by atoms with Crippen molar-refractivity contribution in [1.29, 1.82) is 0 Å². The summed E-state index contributed by atoms with van der Waals surface area (Å²) in [6.45, 7) is 10.7. The van der Waals surface area contributed by atoms with Gasteiger partial charge in [-0.1, -0.05) is 38.1 Å². The van der Waals surface area contributed by atoms with Crippen LogP contribution in [0.5, 0.6) is 0 Å². The van der Waals surface area contributed by atoms with Crippen LogP contribution in [0, 0.1) is 26.7 Å². The quantitative estimate of drug-likeness (QED) is 0.497. The van der Waals surface area contributed by atoms with Gasteiger partial charge in [0, 0.05) is 19.3 Å². The molecule has 0 aliphatic carbocycles. The maximum absolute atomic E-state index is 13.5. The average molecular weight is 421 g/mol. The Kier molecular flexibility index (Phi) is 5.16. The summed E-state index contributed by atoms with van der Waals surface area (Å²) in [5, 5.41) is 4.59. The molecule has 0 aliphatic heterocycles. The molecule has 4 aromatic rings. The molecule has 1 aromatic carbocycles. The van der Waals surface area contributed by atoms with E-state index in [4.69, 9.17) is 4.98 Å². The molecular formula is C23H28N6O2. The van der Waals surface area contributed by atoms with E-state index in [0.29, 0.717) is 30.2 Å². The van der Waals surface area contributed by atoms with Gasteiger partial charge in [-0.3, -0.25) is 18.5 Å². The standard InChI is InChI=1S/C23H28N6O2/c1-14(2)12-28-21(30)19-20(26(6)23(28)31)24-22(29-17(5)11-16(4)25-29)27(19)13-18-10-8-7-9-15(18)3/h7-11,14H,12-13H2,1-6H3. The number of fused-ring (bicyclic) bond motifs is 1. The number of hydrogen-bond donors (Lipinski definition) is 0. The number of benzene rings is 1. The summed E-state index contributed by atoms with van der Waals surface area (Å²) in [5.74, 6) is 0.685. The van der Waals surface area contributed by atoms with Crippen LogP contribution >= 0.6 is 0 Å². The van der Waals surface area contributed by atoms with Crippen molar-refractivity contribution >= 4 is 11.2 Å². The van der Waals surface area contributed by atoms with Gasteiger partial charge in [-0.15, -0.1) is 0 Å². The second-order valence-electron chi connectivity index (χ2n) is 8.59. The lowest BCUT2D eigenvalue weighted by Crippen LogP contribution is -2.40. The molecule has 8 heteroatoms. The van der Waals surface area contributed by atoms with Crippen molar-refractivity contribution in [2.24, 2.45) is 13.0 Å². The van der Waals surface area contributed by atoms with Gasteiger partial charge in [-0.25, -0.2) is 9.48 Å². The van der Waals surface area contributed by atoms with Gasteiger partial charge in [0.15, 0.2) is 11.2 Å². The van der Waals surface area contributed by atoms with Gasteiger partial charge in [0.25, 0.3) is 5.56 Å². The molecule has 0 unspecified atom stereocenters. The summed E-state index contributed by atoms with van der Waals surface area (Å²) < 4.78 is 6.40. The van der Waals surface area contributed by atoms with E-state index >= 15 is 0 Å². The Balaban J connectivity index is 2.10. The van der Waals surface area contributed by atoms with Gasteiger partial charge in [0.2, 0.25) is 5.95 Å². The van der Waals surface area contributed by atoms with Gasteiger partial charge in [0.1, 0.15) is 0 Å². The number of aryl methyl sites for hydroxylation is 4. The molecule has 0 spiro atoms. The first-order chi connectivity index (χ1) is 14.7. The highest BCUT2D eigenvalue weighted by Crippen LogP contribution is 2.20. The van der Waals surface area contributed by atoms with Gasteiger partial charge in [-0.05, 0) is 43.9 Å². The first-order valence-electron chi connectivity index (χ1n) is 10.5. The predicted octanol–water partition coefficient (Wildman–Crippen LogP) is 2.71. The minimum Gasteiger partial charge on any atom is -0.298 e. The Hall–Kier alpha value is -3.42. The second-order valence-corrected chi connectivity index (χ2v) is 8.59. The first-order valence-corrected chi connectivity index (χ1v) is 10.5. The number of hydrogen-bond acceptors (Lipinski definition) is 4. The van der Waals surface area contributed by atoms with E-state index in [0.717, 1.165) is 22.5 Å². The number of aromatic nitrogens is 6. The zero-order valence-electron chi connectivity index (χ0n) is 18.9. The maximum Gasteiger partial charge on any atom is 0.332 e. The highest BCUT2D eigenvalue weighted by Gasteiger charge is 2.23. The minimum atomic E-state index is -0.355. The fourth-order valence-corrected chi connectivity index (χ4v) is 3.99. The fourth-order valence-electron chi connectivity index (χ4n) is 3.99. The molecule has 0 amide bonds. The van der Waals surface area contributed by atoms with Gasteiger partial charge < -0.3 is 0 Å². The van der Waals surface area contributed by atoms with Crippen LogP contribution in [0.3, 0.4) is 0 Å². The van der Waals surface area contributed by atoms with Crippen LogP contribution in [0.15, 0.2) is 39.9 Å². The van der Waals surface area contributed by atoms with Crippen LogP contribution in [0.25, 0.3) is 17.1 Å². The number of rotatable bonds is 5. The molecule has 0 saturated heterocycles. The number of nitrogens with zero attached hydrogens (tertiary/aromatic N) is 6. The largest absolute Gasteiger partial charge is 0.332 e. The van der Waals surface area contributed by atoms with E-state index in [1.54, 1.807) is 11.7 Å². The van der Waals surface area contributed by atoms with Gasteiger partial charge in [-0.2, -0.15) is 10.1 Å². The molecule has 3 aromatic heterocycles. The lowest BCUT2D eigenvalue weighted by atomic mass is 10.1. The molecular weight excluding hydrogens is 392 g/mol. The third-order valence-electron chi connectivity index (χ3n) is 5.55. The van der Waals surface area contributed by atoms with E-state index in [-0.39, 0.29) is 17.2 Å². The van der Waals surface area contributed by atoms with Crippen molar-refractivity contribution in [2.75, 3.05) is 0 Å². The highest BCUT2D eigenvalue weighted by molar-refractivity contribution is 5.73. The topological polar surface area (TPSA) is 79.6 Å². The van der Waals surface area contributed by atoms with Gasteiger partial charge >= 0.3 is 5.69 Å². The van der Waals surface area contributed by atoms with Crippen LogP contribution < -0.4 is 11.2 Å². The molecule has 0 fully saturated rings. The van der Waals surface area contributed by atoms with E-state index in [9.17, 15) is 9.59 Å². The molecule has 0 aliphatic rings. The molecule has 8 nitrogen and oxygen atoms in total. The van der Waals surface area contributed by atoms with E-state index in [1.807, 2.05) is 69.5 Å². The Morgan fingerprint density at radius 1 is 1.03 bits per heavy atom. The number of imidazole rings is 1. The Labute approximate surface area is 180 Å². The van der Waals surface area contributed by atoms with Gasteiger partial charge in [0.05, 0.1) is 12.2 Å². The lowest BCUT2D eigenvalue weighted by molar-refractivity contribution is 0.484. The van der Waals surface area contributed by atoms with E-state index < -0.39 is 0 Å². The Bertz CT molecular complexity index is 1400. The molecule has 0 radical (unpaired) electrons. The summed E-state index contributed by atoms with van der Waals surface area (Å²) in [6.07, 6.45) is 0. The second kappa shape index (κ2) is 7.68. The summed E-state index contributed by atoms with van der Waals surface area (Å²) >= 11 is 0. The average Bonchev–Trinajstić information content (AvgIpc) is 3.24. The molecule has 3 heterocycles. The van der Waals surface area contributed by atoms with Crippen molar-refractivity contribution in [3.8, 4) is 5.95 Å². The Morgan fingerprint density at radius 2 is 1.74 bits per heavy atom. The Morgan fingerprint density at radius 3 is 2.35 bits per heavy atom.